The van der Waals surface area contributed by atoms with Gasteiger partial charge in [0.1, 0.15) is 24.1 Å². The van der Waals surface area contributed by atoms with Gasteiger partial charge < -0.3 is 9.47 Å². The first-order chi connectivity index (χ1) is 12.6. The predicted molar refractivity (Wildman–Crippen MR) is 109 cm³/mol. The van der Waals surface area contributed by atoms with Crippen molar-refractivity contribution in [1.29, 1.82) is 0 Å². The van der Waals surface area contributed by atoms with E-state index in [9.17, 15) is 9.59 Å². The molecular formula is C20H20Br2O4. The third-order valence-corrected chi connectivity index (χ3v) is 4.98. The summed E-state index contributed by atoms with van der Waals surface area (Å²) in [6.07, 6.45) is 5.65. The molecule has 0 spiro atoms. The topological polar surface area (TPSA) is 52.6 Å². The van der Waals surface area contributed by atoms with Crippen LogP contribution in [0.2, 0.25) is 0 Å². The average molecular weight is 484 g/mol. The van der Waals surface area contributed by atoms with Crippen molar-refractivity contribution >= 4 is 44.4 Å². The maximum absolute atomic E-state index is 10.7. The Morgan fingerprint density at radius 1 is 0.692 bits per heavy atom. The van der Waals surface area contributed by atoms with Crippen LogP contribution in [0.5, 0.6) is 11.5 Å². The van der Waals surface area contributed by atoms with Crippen molar-refractivity contribution in [2.45, 2.75) is 25.7 Å². The lowest BCUT2D eigenvalue weighted by Gasteiger charge is -2.09. The van der Waals surface area contributed by atoms with Crippen LogP contribution in [0.25, 0.3) is 0 Å². The van der Waals surface area contributed by atoms with E-state index in [1.54, 1.807) is 36.4 Å². The van der Waals surface area contributed by atoms with Crippen molar-refractivity contribution in [3.05, 3.63) is 56.5 Å². The number of aldehydes is 2. The summed E-state index contributed by atoms with van der Waals surface area (Å²) in [6, 6.07) is 10.6. The van der Waals surface area contributed by atoms with E-state index in [4.69, 9.17) is 9.47 Å². The van der Waals surface area contributed by atoms with Crippen LogP contribution in [0.1, 0.15) is 46.4 Å². The molecule has 0 aliphatic heterocycles. The summed E-state index contributed by atoms with van der Waals surface area (Å²) in [5, 5.41) is 0. The first-order valence-electron chi connectivity index (χ1n) is 8.39. The Hall–Kier alpha value is -1.66. The normalized spacial score (nSPS) is 10.4. The molecule has 0 fully saturated rings. The number of hydrogen-bond donors (Lipinski definition) is 0. The van der Waals surface area contributed by atoms with Gasteiger partial charge in [-0.3, -0.25) is 9.59 Å². The average Bonchev–Trinajstić information content (AvgIpc) is 2.65. The van der Waals surface area contributed by atoms with Crippen molar-refractivity contribution in [1.82, 2.24) is 0 Å². The second kappa shape index (κ2) is 11.1. The lowest BCUT2D eigenvalue weighted by atomic mass is 10.2. The summed E-state index contributed by atoms with van der Waals surface area (Å²) >= 11 is 6.81. The first-order valence-corrected chi connectivity index (χ1v) is 9.97. The van der Waals surface area contributed by atoms with Crippen LogP contribution in [0.4, 0.5) is 0 Å². The summed E-state index contributed by atoms with van der Waals surface area (Å²) in [5.74, 6) is 1.50. The van der Waals surface area contributed by atoms with Gasteiger partial charge >= 0.3 is 0 Å². The highest BCUT2D eigenvalue weighted by molar-refractivity contribution is 9.10. The van der Waals surface area contributed by atoms with Crippen molar-refractivity contribution in [2.75, 3.05) is 13.2 Å². The molecule has 2 aromatic carbocycles. The molecule has 0 aliphatic rings. The molecule has 0 saturated carbocycles. The monoisotopic (exact) mass is 482 g/mol. The van der Waals surface area contributed by atoms with Crippen LogP contribution in [-0.2, 0) is 0 Å². The smallest absolute Gasteiger partial charge is 0.150 e. The molecule has 0 heterocycles. The SMILES string of the molecule is O=Cc1ccc(OCCCCCCOc2ccc(C=O)cc2Br)c(Br)c1. The van der Waals surface area contributed by atoms with Gasteiger partial charge in [0, 0.05) is 11.1 Å². The molecular weight excluding hydrogens is 464 g/mol. The summed E-state index contributed by atoms with van der Waals surface area (Å²) in [4.78, 5) is 21.4. The number of unbranched alkanes of at least 4 members (excludes halogenated alkanes) is 3. The standard InChI is InChI=1S/C20H20Br2O4/c21-17-11-15(13-23)5-7-19(17)25-9-3-1-2-4-10-26-20-8-6-16(14-24)12-18(20)22/h5-8,11-14H,1-4,9-10H2. The molecule has 0 aromatic heterocycles. The lowest BCUT2D eigenvalue weighted by Crippen LogP contribution is -2.01. The van der Waals surface area contributed by atoms with E-state index >= 15 is 0 Å². The van der Waals surface area contributed by atoms with Gasteiger partial charge in [-0.1, -0.05) is 0 Å². The summed E-state index contributed by atoms with van der Waals surface area (Å²) in [6.45, 7) is 1.27. The molecule has 0 bridgehead atoms. The van der Waals surface area contributed by atoms with E-state index in [2.05, 4.69) is 31.9 Å². The molecule has 0 amide bonds. The van der Waals surface area contributed by atoms with Gasteiger partial charge in [-0.15, -0.1) is 0 Å². The minimum Gasteiger partial charge on any atom is -0.492 e. The third-order valence-electron chi connectivity index (χ3n) is 3.74. The molecule has 2 rings (SSSR count). The van der Waals surface area contributed by atoms with Crippen molar-refractivity contribution in [3.63, 3.8) is 0 Å². The van der Waals surface area contributed by atoms with E-state index in [1.165, 1.54) is 0 Å². The van der Waals surface area contributed by atoms with Gasteiger partial charge in [-0.2, -0.15) is 0 Å². The van der Waals surface area contributed by atoms with Gasteiger partial charge in [0.15, 0.2) is 0 Å². The van der Waals surface area contributed by atoms with Crippen LogP contribution in [0, 0.1) is 0 Å². The van der Waals surface area contributed by atoms with E-state index in [-0.39, 0.29) is 0 Å². The quantitative estimate of drug-likeness (QED) is 0.297. The number of rotatable bonds is 11. The molecule has 0 N–H and O–H groups in total. The van der Waals surface area contributed by atoms with Gasteiger partial charge in [0.2, 0.25) is 0 Å². The molecule has 0 saturated heterocycles. The van der Waals surface area contributed by atoms with Crippen LogP contribution in [-0.4, -0.2) is 25.8 Å². The van der Waals surface area contributed by atoms with E-state index in [0.29, 0.717) is 24.3 Å². The Bertz CT molecular complexity index is 683. The van der Waals surface area contributed by atoms with Crippen LogP contribution in [0.3, 0.4) is 0 Å². The molecule has 0 atom stereocenters. The Labute approximate surface area is 170 Å². The Balaban J connectivity index is 1.58. The summed E-state index contributed by atoms with van der Waals surface area (Å²) < 4.78 is 13.0. The zero-order chi connectivity index (χ0) is 18.8. The van der Waals surface area contributed by atoms with Crippen molar-refractivity contribution in [2.24, 2.45) is 0 Å². The number of benzene rings is 2. The highest BCUT2D eigenvalue weighted by Crippen LogP contribution is 2.26. The molecule has 2 aromatic rings. The van der Waals surface area contributed by atoms with E-state index < -0.39 is 0 Å². The van der Waals surface area contributed by atoms with Crippen LogP contribution >= 0.6 is 31.9 Å². The van der Waals surface area contributed by atoms with E-state index in [0.717, 1.165) is 58.7 Å². The summed E-state index contributed by atoms with van der Waals surface area (Å²) in [5.41, 5.74) is 1.24. The fourth-order valence-electron chi connectivity index (χ4n) is 2.34. The van der Waals surface area contributed by atoms with Gasteiger partial charge in [-0.05, 0) is 93.9 Å². The predicted octanol–water partition coefficient (Wildman–Crippen LogP) is 5.85. The molecule has 0 radical (unpaired) electrons. The maximum Gasteiger partial charge on any atom is 0.150 e. The zero-order valence-electron chi connectivity index (χ0n) is 14.3. The highest BCUT2D eigenvalue weighted by Gasteiger charge is 2.04. The molecule has 4 nitrogen and oxygen atoms in total. The molecule has 0 aliphatic carbocycles. The minimum atomic E-state index is 0.622. The molecule has 6 heteroatoms. The van der Waals surface area contributed by atoms with Crippen molar-refractivity contribution < 1.29 is 19.1 Å². The zero-order valence-corrected chi connectivity index (χ0v) is 17.4. The number of ether oxygens (including phenoxy) is 2. The number of hydrogen-bond acceptors (Lipinski definition) is 4. The number of halogens is 2. The summed E-state index contributed by atoms with van der Waals surface area (Å²) in [7, 11) is 0. The van der Waals surface area contributed by atoms with Crippen molar-refractivity contribution in [3.8, 4) is 11.5 Å². The lowest BCUT2D eigenvalue weighted by molar-refractivity contribution is 0.111. The second-order valence-electron chi connectivity index (χ2n) is 5.73. The first kappa shape index (κ1) is 20.6. The Kier molecular flexibility index (Phi) is 8.85. The Morgan fingerprint density at radius 3 is 1.46 bits per heavy atom. The van der Waals surface area contributed by atoms with Gasteiger partial charge in [0.25, 0.3) is 0 Å². The highest BCUT2D eigenvalue weighted by atomic mass is 79.9. The Morgan fingerprint density at radius 2 is 1.12 bits per heavy atom. The minimum absolute atomic E-state index is 0.622. The largest absolute Gasteiger partial charge is 0.492 e. The van der Waals surface area contributed by atoms with Gasteiger partial charge in [0.05, 0.1) is 22.2 Å². The van der Waals surface area contributed by atoms with Crippen LogP contribution in [0.15, 0.2) is 45.3 Å². The third kappa shape index (κ3) is 6.57. The molecule has 138 valence electrons. The maximum atomic E-state index is 10.7. The molecule has 26 heavy (non-hydrogen) atoms. The second-order valence-corrected chi connectivity index (χ2v) is 7.44. The van der Waals surface area contributed by atoms with Gasteiger partial charge in [-0.25, -0.2) is 0 Å². The van der Waals surface area contributed by atoms with Crippen LogP contribution < -0.4 is 9.47 Å². The fraction of sp³-hybridized carbons (Fsp3) is 0.300. The number of carbonyl (C=O) groups excluding carboxylic acids is 2. The number of carbonyl (C=O) groups is 2. The van der Waals surface area contributed by atoms with E-state index in [1.807, 2.05) is 0 Å². The fourth-order valence-corrected chi connectivity index (χ4v) is 3.36. The molecule has 0 unspecified atom stereocenters.